The number of hydrogen-bond donors (Lipinski definition) is 1. The van der Waals surface area contributed by atoms with Crippen LogP contribution in [0.1, 0.15) is 28.1 Å². The van der Waals surface area contributed by atoms with E-state index < -0.39 is 11.6 Å². The Morgan fingerprint density at radius 3 is 2.57 bits per heavy atom. The smallest absolute Gasteiger partial charge is 0.126 e. The highest BCUT2D eigenvalue weighted by Crippen LogP contribution is 2.22. The average molecular weight is 312 g/mol. The monoisotopic (exact) mass is 312 g/mol. The lowest BCUT2D eigenvalue weighted by Gasteiger charge is -2.00. The normalized spacial score (nSPS) is 11.0. The number of nitrogens with one attached hydrogen (secondary N) is 1. The van der Waals surface area contributed by atoms with Crippen LogP contribution in [0, 0.1) is 11.6 Å². The Hall–Kier alpha value is -1.37. The second-order valence-corrected chi connectivity index (χ2v) is 5.81. The van der Waals surface area contributed by atoms with Gasteiger partial charge in [0.15, 0.2) is 0 Å². The summed E-state index contributed by atoms with van der Waals surface area (Å²) in [5.41, 5.74) is 1.47. The van der Waals surface area contributed by atoms with Crippen LogP contribution in [0.15, 0.2) is 18.2 Å². The summed E-state index contributed by atoms with van der Waals surface area (Å²) in [7, 11) is 1.62. The summed E-state index contributed by atoms with van der Waals surface area (Å²) < 4.78 is 31.6. The molecule has 0 saturated carbocycles. The summed E-state index contributed by atoms with van der Waals surface area (Å²) >= 11 is 1.55. The van der Waals surface area contributed by atoms with Gasteiger partial charge in [0, 0.05) is 31.0 Å². The summed E-state index contributed by atoms with van der Waals surface area (Å²) in [6.45, 7) is 4.07. The SMILES string of the molecule is CCNCc1sc(Cc2cc(F)cc(F)c2)nc1COC. The number of ether oxygens (including phenoxy) is 1. The van der Waals surface area contributed by atoms with Crippen LogP contribution in [0.4, 0.5) is 8.78 Å². The molecule has 0 atom stereocenters. The summed E-state index contributed by atoms with van der Waals surface area (Å²) in [6.07, 6.45) is 0.419. The van der Waals surface area contributed by atoms with E-state index in [-0.39, 0.29) is 0 Å². The zero-order valence-electron chi connectivity index (χ0n) is 12.1. The fourth-order valence-corrected chi connectivity index (χ4v) is 3.10. The largest absolute Gasteiger partial charge is 0.378 e. The summed E-state index contributed by atoms with van der Waals surface area (Å²) in [5, 5.41) is 4.09. The molecule has 2 rings (SSSR count). The third-order valence-electron chi connectivity index (χ3n) is 2.92. The average Bonchev–Trinajstić information content (AvgIpc) is 2.77. The highest BCUT2D eigenvalue weighted by molar-refractivity contribution is 7.11. The Labute approximate surface area is 127 Å². The van der Waals surface area contributed by atoms with Gasteiger partial charge >= 0.3 is 0 Å². The zero-order chi connectivity index (χ0) is 15.2. The van der Waals surface area contributed by atoms with E-state index in [1.807, 2.05) is 6.92 Å². The number of benzene rings is 1. The lowest BCUT2D eigenvalue weighted by molar-refractivity contribution is 0.181. The number of rotatable bonds is 7. The fraction of sp³-hybridized carbons (Fsp3) is 0.400. The molecular formula is C15H18F2N2OS. The van der Waals surface area contributed by atoms with E-state index in [9.17, 15) is 8.78 Å². The van der Waals surface area contributed by atoms with Gasteiger partial charge in [0.05, 0.1) is 17.3 Å². The van der Waals surface area contributed by atoms with Gasteiger partial charge in [-0.05, 0) is 24.2 Å². The zero-order valence-corrected chi connectivity index (χ0v) is 12.9. The molecule has 0 saturated heterocycles. The van der Waals surface area contributed by atoms with Crippen molar-refractivity contribution in [1.82, 2.24) is 10.3 Å². The quantitative estimate of drug-likeness (QED) is 0.852. The van der Waals surface area contributed by atoms with Crippen LogP contribution >= 0.6 is 11.3 Å². The van der Waals surface area contributed by atoms with E-state index in [4.69, 9.17) is 4.74 Å². The topological polar surface area (TPSA) is 34.2 Å². The highest BCUT2D eigenvalue weighted by atomic mass is 32.1. The van der Waals surface area contributed by atoms with Crippen LogP contribution in [-0.2, 0) is 24.3 Å². The maximum Gasteiger partial charge on any atom is 0.126 e. The van der Waals surface area contributed by atoms with E-state index in [1.165, 1.54) is 12.1 Å². The van der Waals surface area contributed by atoms with Crippen molar-refractivity contribution in [3.8, 4) is 0 Å². The van der Waals surface area contributed by atoms with Gasteiger partial charge < -0.3 is 10.1 Å². The summed E-state index contributed by atoms with van der Waals surface area (Å²) in [5.74, 6) is -1.13. The van der Waals surface area contributed by atoms with E-state index in [0.717, 1.165) is 34.7 Å². The van der Waals surface area contributed by atoms with Crippen molar-refractivity contribution in [2.75, 3.05) is 13.7 Å². The summed E-state index contributed by atoms with van der Waals surface area (Å²) in [4.78, 5) is 5.62. The second-order valence-electron chi connectivity index (χ2n) is 4.65. The predicted octanol–water partition coefficient (Wildman–Crippen LogP) is 3.27. The van der Waals surface area contributed by atoms with Gasteiger partial charge in [-0.3, -0.25) is 0 Å². The lowest BCUT2D eigenvalue weighted by atomic mass is 10.1. The number of hydrogen-bond acceptors (Lipinski definition) is 4. The molecule has 0 radical (unpaired) electrons. The number of aromatic nitrogens is 1. The summed E-state index contributed by atoms with van der Waals surface area (Å²) in [6, 6.07) is 3.55. The molecular weight excluding hydrogens is 294 g/mol. The standard InChI is InChI=1S/C15H18F2N2OS/c1-3-18-8-14-13(9-20-2)19-15(21-14)6-10-4-11(16)7-12(17)5-10/h4-5,7,18H,3,6,8-9H2,1-2H3. The first-order valence-corrected chi connectivity index (χ1v) is 7.56. The third kappa shape index (κ3) is 4.56. The van der Waals surface area contributed by atoms with Gasteiger partial charge in [0.1, 0.15) is 11.6 Å². The highest BCUT2D eigenvalue weighted by Gasteiger charge is 2.12. The van der Waals surface area contributed by atoms with Crippen LogP contribution in [0.3, 0.4) is 0 Å². The van der Waals surface area contributed by atoms with Crippen LogP contribution in [0.5, 0.6) is 0 Å². The molecule has 0 aliphatic rings. The van der Waals surface area contributed by atoms with Crippen molar-refractivity contribution in [2.45, 2.75) is 26.5 Å². The number of methoxy groups -OCH3 is 1. The molecule has 1 aromatic carbocycles. The second kappa shape index (κ2) is 7.59. The van der Waals surface area contributed by atoms with Gasteiger partial charge in [-0.2, -0.15) is 0 Å². The van der Waals surface area contributed by atoms with Crippen molar-refractivity contribution < 1.29 is 13.5 Å². The Morgan fingerprint density at radius 1 is 1.24 bits per heavy atom. The number of thiazole rings is 1. The minimum atomic E-state index is -0.563. The van der Waals surface area contributed by atoms with Crippen molar-refractivity contribution >= 4 is 11.3 Å². The molecule has 0 aliphatic carbocycles. The molecule has 1 heterocycles. The van der Waals surface area contributed by atoms with E-state index in [1.54, 1.807) is 18.4 Å². The molecule has 1 N–H and O–H groups in total. The lowest BCUT2D eigenvalue weighted by Crippen LogP contribution is -2.12. The Bertz CT molecular complexity index is 581. The Kier molecular flexibility index (Phi) is 5.78. The van der Waals surface area contributed by atoms with Crippen LogP contribution in [0.25, 0.3) is 0 Å². The predicted molar refractivity (Wildman–Crippen MR) is 79.4 cm³/mol. The molecule has 114 valence electrons. The molecule has 2 aromatic rings. The van der Waals surface area contributed by atoms with E-state index in [2.05, 4.69) is 10.3 Å². The van der Waals surface area contributed by atoms with Crippen molar-refractivity contribution in [2.24, 2.45) is 0 Å². The Morgan fingerprint density at radius 2 is 1.95 bits per heavy atom. The van der Waals surface area contributed by atoms with Gasteiger partial charge in [0.2, 0.25) is 0 Å². The fourth-order valence-electron chi connectivity index (χ4n) is 2.03. The molecule has 0 unspecified atom stereocenters. The molecule has 0 spiro atoms. The first-order valence-electron chi connectivity index (χ1n) is 6.74. The van der Waals surface area contributed by atoms with Crippen molar-refractivity contribution in [1.29, 1.82) is 0 Å². The van der Waals surface area contributed by atoms with Crippen molar-refractivity contribution in [3.05, 3.63) is 51.0 Å². The Balaban J connectivity index is 2.18. The van der Waals surface area contributed by atoms with Gasteiger partial charge in [-0.1, -0.05) is 6.92 Å². The molecule has 0 amide bonds. The van der Waals surface area contributed by atoms with Gasteiger partial charge in [-0.15, -0.1) is 11.3 Å². The van der Waals surface area contributed by atoms with E-state index in [0.29, 0.717) is 18.6 Å². The first kappa shape index (κ1) is 16.0. The molecule has 0 fully saturated rings. The molecule has 3 nitrogen and oxygen atoms in total. The van der Waals surface area contributed by atoms with Crippen molar-refractivity contribution in [3.63, 3.8) is 0 Å². The molecule has 6 heteroatoms. The molecule has 1 aromatic heterocycles. The van der Waals surface area contributed by atoms with Crippen LogP contribution < -0.4 is 5.32 Å². The maximum absolute atomic E-state index is 13.2. The molecule has 0 aliphatic heterocycles. The third-order valence-corrected chi connectivity index (χ3v) is 4.01. The van der Waals surface area contributed by atoms with Gasteiger partial charge in [-0.25, -0.2) is 13.8 Å². The first-order chi connectivity index (χ1) is 10.1. The van der Waals surface area contributed by atoms with Crippen LogP contribution in [0.2, 0.25) is 0 Å². The maximum atomic E-state index is 13.2. The van der Waals surface area contributed by atoms with Gasteiger partial charge in [0.25, 0.3) is 0 Å². The molecule has 21 heavy (non-hydrogen) atoms. The van der Waals surface area contributed by atoms with E-state index >= 15 is 0 Å². The number of halogens is 2. The number of nitrogens with zero attached hydrogens (tertiary/aromatic N) is 1. The minimum Gasteiger partial charge on any atom is -0.378 e. The minimum absolute atomic E-state index is 0.419. The van der Waals surface area contributed by atoms with Crippen LogP contribution in [-0.4, -0.2) is 18.6 Å². The molecule has 0 bridgehead atoms.